The summed E-state index contributed by atoms with van der Waals surface area (Å²) in [6.45, 7) is 1.99. The van der Waals surface area contributed by atoms with Crippen molar-refractivity contribution >= 4 is 17.6 Å². The average Bonchev–Trinajstić information content (AvgIpc) is 3.20. The normalized spacial score (nSPS) is 14.1. The van der Waals surface area contributed by atoms with Crippen LogP contribution in [0.5, 0.6) is 5.75 Å². The second kappa shape index (κ2) is 8.85. The molecule has 1 fully saturated rings. The van der Waals surface area contributed by atoms with Gasteiger partial charge in [0.25, 0.3) is 5.91 Å². The summed E-state index contributed by atoms with van der Waals surface area (Å²) in [4.78, 5) is 26.2. The van der Waals surface area contributed by atoms with Crippen molar-refractivity contribution in [3.05, 3.63) is 59.7 Å². The van der Waals surface area contributed by atoms with Gasteiger partial charge in [-0.1, -0.05) is 43.4 Å². The predicted molar refractivity (Wildman–Crippen MR) is 107 cm³/mol. The van der Waals surface area contributed by atoms with Gasteiger partial charge in [0, 0.05) is 24.7 Å². The van der Waals surface area contributed by atoms with Crippen LogP contribution in [-0.2, 0) is 4.79 Å². The Bertz CT molecular complexity index is 774. The zero-order chi connectivity index (χ0) is 19.2. The molecule has 0 aromatic heterocycles. The van der Waals surface area contributed by atoms with Gasteiger partial charge in [-0.3, -0.25) is 9.59 Å². The van der Waals surface area contributed by atoms with Gasteiger partial charge < -0.3 is 9.64 Å². The maximum atomic E-state index is 12.6. The number of carbonyl (C=O) groups excluding carboxylic acids is 2. The fourth-order valence-electron chi connectivity index (χ4n) is 3.55. The average molecular weight is 365 g/mol. The maximum absolute atomic E-state index is 12.6. The molecule has 0 heterocycles. The molecular weight excluding hydrogens is 338 g/mol. The number of esters is 1. The summed E-state index contributed by atoms with van der Waals surface area (Å²) >= 11 is 0. The second-order valence-corrected chi connectivity index (χ2v) is 7.39. The van der Waals surface area contributed by atoms with Crippen LogP contribution in [0.3, 0.4) is 0 Å². The Kier molecular flexibility index (Phi) is 6.28. The van der Waals surface area contributed by atoms with Gasteiger partial charge in [0.15, 0.2) is 0 Å². The highest BCUT2D eigenvalue weighted by Gasteiger charge is 2.17. The zero-order valence-electron chi connectivity index (χ0n) is 16.1. The van der Waals surface area contributed by atoms with E-state index in [-0.39, 0.29) is 11.9 Å². The Labute approximate surface area is 161 Å². The van der Waals surface area contributed by atoms with Crippen LogP contribution in [-0.4, -0.2) is 18.9 Å². The third-order valence-electron chi connectivity index (χ3n) is 5.29. The minimum Gasteiger partial charge on any atom is -0.427 e. The number of benzene rings is 2. The van der Waals surface area contributed by atoms with E-state index in [1.165, 1.54) is 25.7 Å². The van der Waals surface area contributed by atoms with Crippen LogP contribution in [0.1, 0.15) is 54.4 Å². The van der Waals surface area contributed by atoms with Crippen molar-refractivity contribution in [2.75, 3.05) is 11.9 Å². The number of amides is 1. The Morgan fingerprint density at radius 2 is 1.63 bits per heavy atom. The lowest BCUT2D eigenvalue weighted by atomic mass is 10.0. The molecule has 4 heteroatoms. The first-order chi connectivity index (χ1) is 13.0. The van der Waals surface area contributed by atoms with E-state index in [4.69, 9.17) is 4.74 Å². The van der Waals surface area contributed by atoms with Crippen LogP contribution in [0, 0.1) is 12.8 Å². The predicted octanol–water partition coefficient (Wildman–Crippen LogP) is 5.15. The van der Waals surface area contributed by atoms with E-state index in [9.17, 15) is 9.59 Å². The molecule has 0 saturated heterocycles. The summed E-state index contributed by atoms with van der Waals surface area (Å²) in [5, 5.41) is 0. The Balaban J connectivity index is 1.54. The summed E-state index contributed by atoms with van der Waals surface area (Å²) in [5.74, 6) is 0.947. The summed E-state index contributed by atoms with van der Waals surface area (Å²) in [6, 6.07) is 14.6. The molecule has 1 amide bonds. The number of carbonyl (C=O) groups is 2. The summed E-state index contributed by atoms with van der Waals surface area (Å²) in [6.07, 6.45) is 6.45. The lowest BCUT2D eigenvalue weighted by Crippen LogP contribution is -2.26. The molecule has 0 radical (unpaired) electrons. The van der Waals surface area contributed by atoms with Gasteiger partial charge in [-0.25, -0.2) is 0 Å². The fraction of sp³-hybridized carbons (Fsp3) is 0.391. The van der Waals surface area contributed by atoms with Crippen LogP contribution < -0.4 is 9.64 Å². The number of hydrogen-bond donors (Lipinski definition) is 0. The van der Waals surface area contributed by atoms with E-state index in [1.807, 2.05) is 31.2 Å². The molecular formula is C23H27NO3. The monoisotopic (exact) mass is 365 g/mol. The van der Waals surface area contributed by atoms with Crippen molar-refractivity contribution < 1.29 is 14.3 Å². The molecule has 0 bridgehead atoms. The van der Waals surface area contributed by atoms with Gasteiger partial charge in [0.1, 0.15) is 5.75 Å². The minimum absolute atomic E-state index is 0.0729. The van der Waals surface area contributed by atoms with Crippen molar-refractivity contribution in [3.63, 3.8) is 0 Å². The second-order valence-electron chi connectivity index (χ2n) is 7.39. The van der Waals surface area contributed by atoms with Crippen molar-refractivity contribution in [1.29, 1.82) is 0 Å². The third kappa shape index (κ3) is 5.19. The molecule has 0 N–H and O–H groups in total. The van der Waals surface area contributed by atoms with E-state index in [2.05, 4.69) is 0 Å². The maximum Gasteiger partial charge on any atom is 0.311 e. The summed E-state index contributed by atoms with van der Waals surface area (Å²) in [5.41, 5.74) is 2.52. The van der Waals surface area contributed by atoms with Crippen LogP contribution in [0.25, 0.3) is 0 Å². The lowest BCUT2D eigenvalue weighted by Gasteiger charge is -2.18. The summed E-state index contributed by atoms with van der Waals surface area (Å²) in [7, 11) is 1.74. The van der Waals surface area contributed by atoms with Crippen molar-refractivity contribution in [1.82, 2.24) is 0 Å². The largest absolute Gasteiger partial charge is 0.427 e. The van der Waals surface area contributed by atoms with E-state index in [0.29, 0.717) is 23.7 Å². The number of hydrogen-bond acceptors (Lipinski definition) is 3. The number of nitrogens with zero attached hydrogens (tertiary/aromatic N) is 1. The first-order valence-corrected chi connectivity index (χ1v) is 9.68. The smallest absolute Gasteiger partial charge is 0.311 e. The Morgan fingerprint density at radius 3 is 2.26 bits per heavy atom. The quantitative estimate of drug-likeness (QED) is 0.525. The van der Waals surface area contributed by atoms with E-state index < -0.39 is 0 Å². The Morgan fingerprint density at radius 1 is 1.00 bits per heavy atom. The first kappa shape index (κ1) is 19.2. The van der Waals surface area contributed by atoms with Gasteiger partial charge >= 0.3 is 5.97 Å². The van der Waals surface area contributed by atoms with Crippen molar-refractivity contribution in [2.45, 2.75) is 45.4 Å². The lowest BCUT2D eigenvalue weighted by molar-refractivity contribution is -0.134. The highest BCUT2D eigenvalue weighted by molar-refractivity contribution is 6.05. The van der Waals surface area contributed by atoms with Gasteiger partial charge in [-0.2, -0.15) is 0 Å². The summed E-state index contributed by atoms with van der Waals surface area (Å²) < 4.78 is 5.42. The van der Waals surface area contributed by atoms with Gasteiger partial charge in [0.05, 0.1) is 0 Å². The molecule has 142 valence electrons. The number of ether oxygens (including phenoxy) is 1. The van der Waals surface area contributed by atoms with E-state index in [1.54, 1.807) is 36.2 Å². The molecule has 0 aliphatic heterocycles. The topological polar surface area (TPSA) is 46.6 Å². The van der Waals surface area contributed by atoms with Crippen LogP contribution in [0.2, 0.25) is 0 Å². The number of anilines is 1. The molecule has 0 unspecified atom stereocenters. The third-order valence-corrected chi connectivity index (χ3v) is 5.29. The highest BCUT2D eigenvalue weighted by Crippen LogP contribution is 2.29. The first-order valence-electron chi connectivity index (χ1n) is 9.68. The molecule has 2 aromatic rings. The molecule has 3 rings (SSSR count). The molecule has 1 aliphatic carbocycles. The van der Waals surface area contributed by atoms with Gasteiger partial charge in [0.2, 0.25) is 0 Å². The zero-order valence-corrected chi connectivity index (χ0v) is 16.1. The standard InChI is InChI=1S/C23H27NO3/c1-17-7-10-19(11-8-17)23(26)24(2)20-12-14-21(15-13-20)27-22(25)16-9-18-5-3-4-6-18/h7-8,10-15,18H,3-6,9,16H2,1-2H3. The molecule has 1 saturated carbocycles. The molecule has 0 atom stereocenters. The van der Waals surface area contributed by atoms with Crippen molar-refractivity contribution in [3.8, 4) is 5.75 Å². The number of rotatable bonds is 6. The highest BCUT2D eigenvalue weighted by atomic mass is 16.5. The minimum atomic E-state index is -0.182. The van der Waals surface area contributed by atoms with E-state index in [0.717, 1.165) is 17.7 Å². The van der Waals surface area contributed by atoms with Gasteiger partial charge in [-0.15, -0.1) is 0 Å². The molecule has 1 aliphatic rings. The molecule has 4 nitrogen and oxygen atoms in total. The number of aryl methyl sites for hydroxylation is 1. The van der Waals surface area contributed by atoms with E-state index >= 15 is 0 Å². The molecule has 27 heavy (non-hydrogen) atoms. The van der Waals surface area contributed by atoms with Gasteiger partial charge in [-0.05, 0) is 55.7 Å². The molecule has 0 spiro atoms. The van der Waals surface area contributed by atoms with Crippen LogP contribution in [0.15, 0.2) is 48.5 Å². The molecule has 2 aromatic carbocycles. The van der Waals surface area contributed by atoms with Crippen LogP contribution >= 0.6 is 0 Å². The van der Waals surface area contributed by atoms with Crippen LogP contribution in [0.4, 0.5) is 5.69 Å². The Hall–Kier alpha value is -2.62. The van der Waals surface area contributed by atoms with Crippen molar-refractivity contribution in [2.24, 2.45) is 5.92 Å². The fourth-order valence-corrected chi connectivity index (χ4v) is 3.55. The SMILES string of the molecule is Cc1ccc(C(=O)N(C)c2ccc(OC(=O)CCC3CCCC3)cc2)cc1.